The van der Waals surface area contributed by atoms with Crippen LogP contribution in [0.2, 0.25) is 0 Å². The molecular formula is C13H15N3O3S. The van der Waals surface area contributed by atoms with Crippen LogP contribution in [0.5, 0.6) is 0 Å². The van der Waals surface area contributed by atoms with Crippen LogP contribution in [-0.2, 0) is 16.6 Å². The summed E-state index contributed by atoms with van der Waals surface area (Å²) in [4.78, 5) is 0. The highest BCUT2D eigenvalue weighted by Crippen LogP contribution is 2.06. The molecule has 0 aliphatic rings. The number of aromatic nitrogens is 2. The van der Waals surface area contributed by atoms with E-state index in [-0.39, 0.29) is 6.42 Å². The second-order valence-corrected chi connectivity index (χ2v) is 6.11. The molecule has 6 nitrogen and oxygen atoms in total. The Hall–Kier alpha value is -2.02. The average molecular weight is 293 g/mol. The van der Waals surface area contributed by atoms with Crippen LogP contribution in [0.3, 0.4) is 0 Å². The molecule has 0 atom stereocenters. The Morgan fingerprint density at radius 2 is 2.10 bits per heavy atom. The highest BCUT2D eigenvalue weighted by Gasteiger charge is 2.05. The van der Waals surface area contributed by atoms with E-state index in [0.717, 1.165) is 17.2 Å². The summed E-state index contributed by atoms with van der Waals surface area (Å²) in [5.74, 6) is -0.617. The number of hydrogen-bond donors (Lipinski definition) is 0. The molecule has 0 aliphatic carbocycles. The van der Waals surface area contributed by atoms with Crippen molar-refractivity contribution in [2.45, 2.75) is 19.4 Å². The van der Waals surface area contributed by atoms with Gasteiger partial charge in [0.15, 0.2) is 12.7 Å². The summed E-state index contributed by atoms with van der Waals surface area (Å²) >= 11 is 0. The van der Waals surface area contributed by atoms with Crippen LogP contribution < -0.4 is 9.79 Å². The van der Waals surface area contributed by atoms with Crippen molar-refractivity contribution in [3.05, 3.63) is 36.5 Å². The van der Waals surface area contributed by atoms with Crippen molar-refractivity contribution in [3.8, 4) is 0 Å². The van der Waals surface area contributed by atoms with E-state index in [0.29, 0.717) is 13.0 Å². The molecule has 2 aromatic rings. The molecule has 0 bridgehead atoms. The first kappa shape index (κ1) is 14.4. The molecule has 0 saturated carbocycles. The molecule has 1 aromatic carbocycles. The Balaban J connectivity index is 1.98. The van der Waals surface area contributed by atoms with Crippen LogP contribution in [0, 0.1) is 0 Å². The van der Waals surface area contributed by atoms with E-state index >= 15 is 0 Å². The van der Waals surface area contributed by atoms with E-state index < -0.39 is 15.9 Å². The molecule has 2 rings (SSSR count). The van der Waals surface area contributed by atoms with E-state index in [2.05, 4.69) is 9.50 Å². The van der Waals surface area contributed by atoms with Gasteiger partial charge < -0.3 is 5.11 Å². The Labute approximate surface area is 117 Å². The maximum Gasteiger partial charge on any atom is 0.249 e. The quantitative estimate of drug-likeness (QED) is 0.442. The molecule has 0 radical (unpaired) electrons. The first-order valence-electron chi connectivity index (χ1n) is 6.15. The summed E-state index contributed by atoms with van der Waals surface area (Å²) in [6.07, 6.45) is 3.33. The molecule has 0 unspecified atom stereocenters. The van der Waals surface area contributed by atoms with Crippen molar-refractivity contribution in [1.82, 2.24) is 5.10 Å². The third-order valence-corrected chi connectivity index (χ3v) is 3.18. The van der Waals surface area contributed by atoms with Crippen molar-refractivity contribution in [3.63, 3.8) is 0 Å². The van der Waals surface area contributed by atoms with Crippen LogP contribution in [0.15, 0.2) is 40.9 Å². The van der Waals surface area contributed by atoms with Crippen LogP contribution in [0.25, 0.3) is 10.9 Å². The molecule has 1 heterocycles. The van der Waals surface area contributed by atoms with Gasteiger partial charge in [-0.1, -0.05) is 22.9 Å². The molecule has 0 amide bonds. The smallest absolute Gasteiger partial charge is 0.249 e. The zero-order chi connectivity index (χ0) is 14.6. The lowest BCUT2D eigenvalue weighted by Crippen LogP contribution is -2.38. The zero-order valence-electron chi connectivity index (χ0n) is 11.1. The van der Waals surface area contributed by atoms with Gasteiger partial charge in [0, 0.05) is 23.0 Å². The summed E-state index contributed by atoms with van der Waals surface area (Å²) in [5, 5.41) is 16.7. The van der Waals surface area contributed by atoms with Crippen molar-refractivity contribution in [2.75, 3.05) is 6.26 Å². The lowest BCUT2D eigenvalue weighted by molar-refractivity contribution is -0.751. The summed E-state index contributed by atoms with van der Waals surface area (Å²) < 4.78 is 26.5. The Kier molecular flexibility index (Phi) is 4.29. The standard InChI is InChI=1S/C13H15N3O3S/c1-20(18,19)15-13(17)7-4-9-16-10-8-11-5-2-3-6-12(11)14-16/h2-3,5-6,8,10H,4,7,9H2,1H3. The van der Waals surface area contributed by atoms with Gasteiger partial charge in [-0.2, -0.15) is 4.40 Å². The Morgan fingerprint density at radius 1 is 1.35 bits per heavy atom. The van der Waals surface area contributed by atoms with E-state index in [9.17, 15) is 13.5 Å². The first-order chi connectivity index (χ1) is 9.44. The van der Waals surface area contributed by atoms with Crippen molar-refractivity contribution in [1.29, 1.82) is 0 Å². The van der Waals surface area contributed by atoms with Gasteiger partial charge in [0.05, 0.1) is 6.26 Å². The Morgan fingerprint density at radius 3 is 2.85 bits per heavy atom. The molecule has 0 aliphatic heterocycles. The number of fused-ring (bicyclic) bond motifs is 1. The van der Waals surface area contributed by atoms with Crippen LogP contribution in [0.4, 0.5) is 0 Å². The minimum Gasteiger partial charge on any atom is -0.861 e. The van der Waals surface area contributed by atoms with Crippen molar-refractivity contribution >= 4 is 26.8 Å². The van der Waals surface area contributed by atoms with Gasteiger partial charge in [-0.15, -0.1) is 0 Å². The van der Waals surface area contributed by atoms with E-state index in [1.807, 2.05) is 36.5 Å². The molecule has 0 fully saturated rings. The van der Waals surface area contributed by atoms with Gasteiger partial charge in [0.1, 0.15) is 5.52 Å². The molecule has 1 aromatic heterocycles. The predicted octanol–water partition coefficient (Wildman–Crippen LogP) is 0.0209. The molecule has 7 heteroatoms. The number of aryl methyl sites for hydroxylation is 1. The lowest BCUT2D eigenvalue weighted by Gasteiger charge is -2.07. The summed E-state index contributed by atoms with van der Waals surface area (Å²) in [7, 11) is -3.59. The molecule has 106 valence electrons. The molecule has 0 N–H and O–H groups in total. The highest BCUT2D eigenvalue weighted by molar-refractivity contribution is 7.89. The first-order valence-corrected chi connectivity index (χ1v) is 8.00. The summed E-state index contributed by atoms with van der Waals surface area (Å²) in [5.41, 5.74) is 0.877. The molecule has 0 spiro atoms. The van der Waals surface area contributed by atoms with E-state index in [4.69, 9.17) is 0 Å². The normalized spacial score (nSPS) is 12.8. The van der Waals surface area contributed by atoms with E-state index in [1.165, 1.54) is 0 Å². The fourth-order valence-electron chi connectivity index (χ4n) is 1.80. The monoisotopic (exact) mass is 293 g/mol. The minimum atomic E-state index is -3.59. The maximum atomic E-state index is 11.3. The second-order valence-electron chi connectivity index (χ2n) is 4.46. The summed E-state index contributed by atoms with van der Waals surface area (Å²) in [6.45, 7) is 0.538. The Bertz CT molecular complexity index is 741. The van der Waals surface area contributed by atoms with Crippen LogP contribution in [-0.4, -0.2) is 25.7 Å². The SMILES string of the molecule is CS(=O)(=O)N=C([O-])CCC[n+]1ccc2ccccc2n1. The third kappa shape index (κ3) is 4.27. The lowest BCUT2D eigenvalue weighted by atomic mass is 10.2. The largest absolute Gasteiger partial charge is 0.861 e. The average Bonchev–Trinajstić information content (AvgIpc) is 2.36. The zero-order valence-corrected chi connectivity index (χ0v) is 11.9. The number of rotatable bonds is 5. The predicted molar refractivity (Wildman–Crippen MR) is 73.5 cm³/mol. The third-order valence-electron chi connectivity index (χ3n) is 2.64. The van der Waals surface area contributed by atoms with Gasteiger partial charge in [-0.05, 0) is 18.4 Å². The second kappa shape index (κ2) is 5.96. The summed E-state index contributed by atoms with van der Waals surface area (Å²) in [6, 6.07) is 9.69. The highest BCUT2D eigenvalue weighted by atomic mass is 32.2. The fraction of sp³-hybridized carbons (Fsp3) is 0.308. The number of hydrogen-bond acceptors (Lipinski definition) is 4. The van der Waals surface area contributed by atoms with Crippen molar-refractivity contribution < 1.29 is 18.2 Å². The fourth-order valence-corrected chi connectivity index (χ4v) is 2.27. The van der Waals surface area contributed by atoms with Crippen molar-refractivity contribution in [2.24, 2.45) is 4.40 Å². The molecule has 20 heavy (non-hydrogen) atoms. The topological polar surface area (TPSA) is 86.3 Å². The number of nitrogens with zero attached hydrogens (tertiary/aromatic N) is 3. The van der Waals surface area contributed by atoms with Gasteiger partial charge >= 0.3 is 0 Å². The molecule has 0 saturated heterocycles. The van der Waals surface area contributed by atoms with Gasteiger partial charge in [-0.25, -0.2) is 8.42 Å². The maximum absolute atomic E-state index is 11.3. The molecular weight excluding hydrogens is 278 g/mol. The minimum absolute atomic E-state index is 0.0918. The van der Waals surface area contributed by atoms with Gasteiger partial charge in [0.2, 0.25) is 10.0 Å². The number of benzene rings is 1. The van der Waals surface area contributed by atoms with Crippen LogP contribution in [0.1, 0.15) is 12.8 Å². The van der Waals surface area contributed by atoms with Gasteiger partial charge in [0.25, 0.3) is 0 Å². The van der Waals surface area contributed by atoms with Gasteiger partial charge in [-0.3, -0.25) is 0 Å². The van der Waals surface area contributed by atoms with E-state index in [1.54, 1.807) is 4.68 Å². The van der Waals surface area contributed by atoms with Crippen LogP contribution >= 0.6 is 0 Å². The number of sulfonamides is 1.